The van der Waals surface area contributed by atoms with Gasteiger partial charge in [-0.05, 0) is 37.0 Å². The summed E-state index contributed by atoms with van der Waals surface area (Å²) >= 11 is 0. The normalized spacial score (nSPS) is 32.0. The fourth-order valence-electron chi connectivity index (χ4n) is 2.97. The van der Waals surface area contributed by atoms with Crippen molar-refractivity contribution in [2.45, 2.75) is 38.5 Å². The van der Waals surface area contributed by atoms with E-state index in [1.165, 1.54) is 18.6 Å². The summed E-state index contributed by atoms with van der Waals surface area (Å²) in [5.74, 6) is 1.45. The lowest BCUT2D eigenvalue weighted by Gasteiger charge is -2.38. The molecular formula is C17H24FN3O. The summed E-state index contributed by atoms with van der Waals surface area (Å²) in [6.07, 6.45) is 1.26. The van der Waals surface area contributed by atoms with E-state index in [0.717, 1.165) is 30.5 Å². The summed E-state index contributed by atoms with van der Waals surface area (Å²) in [5.41, 5.74) is 1.01. The monoisotopic (exact) mass is 305 g/mol. The molecule has 0 amide bonds. The number of rotatable bonds is 2. The van der Waals surface area contributed by atoms with Crippen molar-refractivity contribution in [1.29, 1.82) is 0 Å². The first-order chi connectivity index (χ1) is 10.6. The Kier molecular flexibility index (Phi) is 4.34. The van der Waals surface area contributed by atoms with Crippen LogP contribution >= 0.6 is 0 Å². The van der Waals surface area contributed by atoms with Crippen molar-refractivity contribution >= 4 is 5.96 Å². The van der Waals surface area contributed by atoms with Crippen LogP contribution in [0.1, 0.15) is 31.9 Å². The van der Waals surface area contributed by atoms with Gasteiger partial charge < -0.3 is 15.0 Å². The number of nitrogens with one attached hydrogen (secondary N) is 1. The molecule has 120 valence electrons. The maximum Gasteiger partial charge on any atom is 0.194 e. The van der Waals surface area contributed by atoms with Gasteiger partial charge in [0.2, 0.25) is 0 Å². The summed E-state index contributed by atoms with van der Waals surface area (Å²) in [7, 11) is 1.82. The highest BCUT2D eigenvalue weighted by molar-refractivity contribution is 5.80. The van der Waals surface area contributed by atoms with Crippen molar-refractivity contribution < 1.29 is 9.13 Å². The summed E-state index contributed by atoms with van der Waals surface area (Å²) in [6.45, 7) is 5.86. The van der Waals surface area contributed by atoms with Gasteiger partial charge in [0.05, 0.1) is 12.6 Å². The average Bonchev–Trinajstić information content (AvgIpc) is 3.20. The number of halogens is 1. The lowest BCUT2D eigenvalue weighted by atomic mass is 10.1. The van der Waals surface area contributed by atoms with Gasteiger partial charge in [0.1, 0.15) is 11.9 Å². The van der Waals surface area contributed by atoms with Crippen LogP contribution in [0.25, 0.3) is 0 Å². The maximum atomic E-state index is 13.1. The number of nitrogens with zero attached hydrogens (tertiary/aromatic N) is 2. The van der Waals surface area contributed by atoms with E-state index in [2.05, 4.69) is 29.1 Å². The first-order valence-corrected chi connectivity index (χ1v) is 7.96. The molecule has 1 heterocycles. The van der Waals surface area contributed by atoms with Crippen LogP contribution in [-0.4, -0.2) is 43.1 Å². The summed E-state index contributed by atoms with van der Waals surface area (Å²) in [5, 5.41) is 3.52. The van der Waals surface area contributed by atoms with Crippen LogP contribution < -0.4 is 5.32 Å². The first-order valence-electron chi connectivity index (χ1n) is 7.96. The van der Waals surface area contributed by atoms with Crippen molar-refractivity contribution in [2.75, 3.05) is 20.1 Å². The molecule has 4 nitrogen and oxygen atoms in total. The molecule has 2 aliphatic rings. The molecule has 5 heteroatoms. The quantitative estimate of drug-likeness (QED) is 0.674. The summed E-state index contributed by atoms with van der Waals surface area (Å²) < 4.78 is 19.1. The van der Waals surface area contributed by atoms with Crippen molar-refractivity contribution in [1.82, 2.24) is 10.2 Å². The van der Waals surface area contributed by atoms with E-state index in [1.54, 1.807) is 12.1 Å². The van der Waals surface area contributed by atoms with Gasteiger partial charge in [-0.15, -0.1) is 0 Å². The van der Waals surface area contributed by atoms with Gasteiger partial charge >= 0.3 is 0 Å². The molecule has 1 aliphatic carbocycles. The second-order valence-corrected chi connectivity index (χ2v) is 6.40. The highest BCUT2D eigenvalue weighted by atomic mass is 19.1. The minimum atomic E-state index is -0.218. The molecule has 1 saturated heterocycles. The first kappa shape index (κ1) is 15.3. The van der Waals surface area contributed by atoms with Gasteiger partial charge in [0.25, 0.3) is 0 Å². The second-order valence-electron chi connectivity index (χ2n) is 6.40. The summed E-state index contributed by atoms with van der Waals surface area (Å²) in [4.78, 5) is 6.66. The smallest absolute Gasteiger partial charge is 0.194 e. The molecule has 3 rings (SSSR count). The number of hydrogen-bond acceptors (Lipinski definition) is 2. The second kappa shape index (κ2) is 6.24. The molecule has 1 saturated carbocycles. The Morgan fingerprint density at radius 2 is 1.95 bits per heavy atom. The van der Waals surface area contributed by atoms with E-state index in [9.17, 15) is 4.39 Å². The number of ether oxygens (including phenoxy) is 1. The number of hydrogen-bond donors (Lipinski definition) is 1. The largest absolute Gasteiger partial charge is 0.367 e. The zero-order valence-electron chi connectivity index (χ0n) is 13.4. The molecule has 1 N–H and O–H groups in total. The maximum absolute atomic E-state index is 13.1. The Labute approximate surface area is 131 Å². The van der Waals surface area contributed by atoms with Crippen LogP contribution in [0.5, 0.6) is 0 Å². The molecular weight excluding hydrogens is 281 g/mol. The van der Waals surface area contributed by atoms with E-state index in [1.807, 2.05) is 7.05 Å². The van der Waals surface area contributed by atoms with E-state index < -0.39 is 0 Å². The lowest BCUT2D eigenvalue weighted by molar-refractivity contribution is -0.0605. The summed E-state index contributed by atoms with van der Waals surface area (Å²) in [6, 6.07) is 7.12. The predicted octanol–water partition coefficient (Wildman–Crippen LogP) is 2.57. The molecule has 22 heavy (non-hydrogen) atoms. The predicted molar refractivity (Wildman–Crippen MR) is 85.3 cm³/mol. The average molecular weight is 305 g/mol. The standard InChI is InChI=1S/C17H24FN3O/c1-11-8-15(11)20-17(19-3)21-9-12(2)22-16(10-21)13-4-6-14(18)7-5-13/h4-7,11-12,15-16H,8-10H2,1-3H3,(H,19,20). The molecule has 0 bridgehead atoms. The van der Waals surface area contributed by atoms with E-state index >= 15 is 0 Å². The van der Waals surface area contributed by atoms with E-state index in [-0.39, 0.29) is 18.0 Å². The molecule has 0 spiro atoms. The van der Waals surface area contributed by atoms with Crippen LogP contribution in [0.2, 0.25) is 0 Å². The molecule has 1 aliphatic heterocycles. The van der Waals surface area contributed by atoms with Crippen LogP contribution in [0.3, 0.4) is 0 Å². The molecule has 2 fully saturated rings. The zero-order valence-corrected chi connectivity index (χ0v) is 13.4. The number of guanidine groups is 1. The molecule has 1 aromatic carbocycles. The van der Waals surface area contributed by atoms with Gasteiger partial charge in [-0.2, -0.15) is 0 Å². The molecule has 1 aromatic rings. The van der Waals surface area contributed by atoms with Gasteiger partial charge in [0, 0.05) is 19.6 Å². The van der Waals surface area contributed by atoms with Gasteiger partial charge in [-0.1, -0.05) is 19.1 Å². The topological polar surface area (TPSA) is 36.9 Å². The SMILES string of the molecule is CN=C(NC1CC1C)N1CC(C)OC(c2ccc(F)cc2)C1. The van der Waals surface area contributed by atoms with Crippen molar-refractivity contribution in [3.05, 3.63) is 35.6 Å². The van der Waals surface area contributed by atoms with Crippen LogP contribution in [0.15, 0.2) is 29.3 Å². The fourth-order valence-corrected chi connectivity index (χ4v) is 2.97. The molecule has 0 radical (unpaired) electrons. The molecule has 0 aromatic heterocycles. The van der Waals surface area contributed by atoms with Crippen molar-refractivity contribution in [3.63, 3.8) is 0 Å². The fraction of sp³-hybridized carbons (Fsp3) is 0.588. The van der Waals surface area contributed by atoms with Crippen molar-refractivity contribution in [3.8, 4) is 0 Å². The van der Waals surface area contributed by atoms with Crippen molar-refractivity contribution in [2.24, 2.45) is 10.9 Å². The minimum absolute atomic E-state index is 0.0560. The number of morpholine rings is 1. The van der Waals surface area contributed by atoms with Gasteiger partial charge in [-0.3, -0.25) is 4.99 Å². The molecule has 4 atom stereocenters. The Hall–Kier alpha value is -1.62. The highest BCUT2D eigenvalue weighted by Crippen LogP contribution is 2.30. The minimum Gasteiger partial charge on any atom is -0.367 e. The third kappa shape index (κ3) is 3.40. The number of aliphatic imine (C=N–C) groups is 1. The van der Waals surface area contributed by atoms with Gasteiger partial charge in [0.15, 0.2) is 5.96 Å². The Morgan fingerprint density at radius 3 is 2.55 bits per heavy atom. The van der Waals surface area contributed by atoms with E-state index in [4.69, 9.17) is 4.74 Å². The third-order valence-corrected chi connectivity index (χ3v) is 4.44. The number of benzene rings is 1. The molecule has 4 unspecified atom stereocenters. The van der Waals surface area contributed by atoms with Gasteiger partial charge in [-0.25, -0.2) is 4.39 Å². The highest BCUT2D eigenvalue weighted by Gasteiger charge is 2.36. The Morgan fingerprint density at radius 1 is 1.27 bits per heavy atom. The Balaban J connectivity index is 1.71. The zero-order chi connectivity index (χ0) is 15.7. The van der Waals surface area contributed by atoms with Crippen LogP contribution in [-0.2, 0) is 4.74 Å². The van der Waals surface area contributed by atoms with Crippen LogP contribution in [0, 0.1) is 11.7 Å². The van der Waals surface area contributed by atoms with Crippen LogP contribution in [0.4, 0.5) is 4.39 Å². The Bertz CT molecular complexity index is 545. The van der Waals surface area contributed by atoms with E-state index in [0.29, 0.717) is 6.04 Å². The third-order valence-electron chi connectivity index (χ3n) is 4.44. The lowest BCUT2D eigenvalue weighted by Crippen LogP contribution is -2.51.